The van der Waals surface area contributed by atoms with Crippen LogP contribution in [0.5, 0.6) is 0 Å². The Balaban J connectivity index is 1.97. The van der Waals surface area contributed by atoms with Crippen molar-refractivity contribution in [1.29, 1.82) is 5.41 Å². The van der Waals surface area contributed by atoms with E-state index in [2.05, 4.69) is 10.2 Å². The summed E-state index contributed by atoms with van der Waals surface area (Å²) in [4.78, 5) is 12.1. The summed E-state index contributed by atoms with van der Waals surface area (Å²) in [7, 11) is 0. The molecule has 0 aliphatic rings. The number of rotatable bonds is 8. The Morgan fingerprint density at radius 1 is 1.10 bits per heavy atom. The van der Waals surface area contributed by atoms with Gasteiger partial charge >= 0.3 is 5.97 Å². The number of nitrogens with one attached hydrogen (secondary N) is 1. The molecule has 0 fully saturated rings. The number of thioether (sulfide) groups is 1. The van der Waals surface area contributed by atoms with E-state index in [0.29, 0.717) is 11.0 Å². The molecule has 154 valence electrons. The van der Waals surface area contributed by atoms with Crippen LogP contribution < -0.4 is 0 Å². The summed E-state index contributed by atoms with van der Waals surface area (Å²) in [6.45, 7) is 3.28. The van der Waals surface area contributed by atoms with Crippen molar-refractivity contribution in [3.05, 3.63) is 72.0 Å². The normalized spacial score (nSPS) is 11.7. The molecular formula is C22H22N4O3S. The summed E-state index contributed by atoms with van der Waals surface area (Å²) in [6, 6.07) is 19.4. The number of esters is 1. The molecular weight excluding hydrogens is 400 g/mol. The monoisotopic (exact) mass is 422 g/mol. The number of para-hydroxylation sites is 1. The van der Waals surface area contributed by atoms with Gasteiger partial charge in [0.1, 0.15) is 11.3 Å². The number of aromatic nitrogens is 3. The summed E-state index contributed by atoms with van der Waals surface area (Å²) >= 11 is 1.22. The molecule has 0 aliphatic carbocycles. The predicted octanol–water partition coefficient (Wildman–Crippen LogP) is 4.44. The molecule has 2 aromatic carbocycles. The molecule has 1 heterocycles. The molecule has 0 saturated heterocycles. The van der Waals surface area contributed by atoms with E-state index in [9.17, 15) is 9.90 Å². The van der Waals surface area contributed by atoms with Crippen molar-refractivity contribution in [3.63, 3.8) is 0 Å². The van der Waals surface area contributed by atoms with Gasteiger partial charge in [-0.25, -0.2) is 4.79 Å². The molecule has 0 saturated carbocycles. The highest BCUT2D eigenvalue weighted by atomic mass is 32.2. The fraction of sp³-hybridized carbons (Fsp3) is 0.182. The molecule has 7 nitrogen and oxygen atoms in total. The van der Waals surface area contributed by atoms with E-state index in [1.807, 2.05) is 65.2 Å². The molecule has 0 spiro atoms. The summed E-state index contributed by atoms with van der Waals surface area (Å²) in [5, 5.41) is 27.5. The highest BCUT2D eigenvalue weighted by molar-refractivity contribution is 7.99. The van der Waals surface area contributed by atoms with Crippen LogP contribution in [0.25, 0.3) is 17.1 Å². The van der Waals surface area contributed by atoms with E-state index >= 15 is 0 Å². The lowest BCUT2D eigenvalue weighted by atomic mass is 10.1. The largest absolute Gasteiger partial charge is 0.510 e. The second kappa shape index (κ2) is 9.89. The van der Waals surface area contributed by atoms with Crippen LogP contribution >= 0.6 is 11.8 Å². The summed E-state index contributed by atoms with van der Waals surface area (Å²) < 4.78 is 6.85. The summed E-state index contributed by atoms with van der Waals surface area (Å²) in [5.74, 6) is -0.224. The topological polar surface area (TPSA) is 101 Å². The fourth-order valence-electron chi connectivity index (χ4n) is 2.84. The lowest BCUT2D eigenvalue weighted by Crippen LogP contribution is -2.16. The molecule has 0 unspecified atom stereocenters. The molecule has 8 heteroatoms. The van der Waals surface area contributed by atoms with Gasteiger partial charge in [-0.05, 0) is 26.0 Å². The maximum atomic E-state index is 12.1. The number of nitrogens with zero attached hydrogens (tertiary/aromatic N) is 3. The van der Waals surface area contributed by atoms with Crippen LogP contribution in [-0.2, 0) is 9.53 Å². The van der Waals surface area contributed by atoms with Crippen LogP contribution in [0, 0.1) is 5.41 Å². The molecule has 0 amide bonds. The molecule has 0 radical (unpaired) electrons. The van der Waals surface area contributed by atoms with Crippen molar-refractivity contribution < 1.29 is 14.6 Å². The minimum absolute atomic E-state index is 0.0458. The SMILES string of the molecule is CCOC(=O)/C(C(C)=N)=C(/O)CSc1nnc(-c2ccccc2)n1-c1ccccc1. The van der Waals surface area contributed by atoms with E-state index in [0.717, 1.165) is 11.3 Å². The number of benzene rings is 2. The Morgan fingerprint density at radius 2 is 1.73 bits per heavy atom. The molecule has 0 aliphatic heterocycles. The minimum Gasteiger partial charge on any atom is -0.510 e. The van der Waals surface area contributed by atoms with Gasteiger partial charge < -0.3 is 15.3 Å². The molecule has 3 aromatic rings. The van der Waals surface area contributed by atoms with Gasteiger partial charge in [-0.2, -0.15) is 0 Å². The van der Waals surface area contributed by atoms with E-state index in [1.165, 1.54) is 18.7 Å². The Hall–Kier alpha value is -3.39. The quantitative estimate of drug-likeness (QED) is 0.183. The van der Waals surface area contributed by atoms with Gasteiger partial charge in [-0.15, -0.1) is 10.2 Å². The van der Waals surface area contributed by atoms with Crippen LogP contribution in [-0.4, -0.2) is 43.9 Å². The first-order valence-electron chi connectivity index (χ1n) is 9.36. The first-order chi connectivity index (χ1) is 14.5. The first-order valence-corrected chi connectivity index (χ1v) is 10.3. The summed E-state index contributed by atoms with van der Waals surface area (Å²) in [5.41, 5.74) is 1.60. The first kappa shape index (κ1) is 21.3. The zero-order valence-corrected chi connectivity index (χ0v) is 17.5. The minimum atomic E-state index is -0.711. The zero-order chi connectivity index (χ0) is 21.5. The van der Waals surface area contributed by atoms with Crippen LogP contribution in [0.2, 0.25) is 0 Å². The summed E-state index contributed by atoms with van der Waals surface area (Å²) in [6.07, 6.45) is 0. The van der Waals surface area contributed by atoms with E-state index in [-0.39, 0.29) is 29.4 Å². The van der Waals surface area contributed by atoms with Gasteiger partial charge in [-0.1, -0.05) is 60.3 Å². The smallest absolute Gasteiger partial charge is 0.343 e. The Kier molecular flexibility index (Phi) is 7.03. The van der Waals surface area contributed by atoms with Crippen molar-refractivity contribution in [3.8, 4) is 17.1 Å². The van der Waals surface area contributed by atoms with Crippen molar-refractivity contribution in [1.82, 2.24) is 14.8 Å². The third-order valence-electron chi connectivity index (χ3n) is 4.16. The van der Waals surface area contributed by atoms with Crippen molar-refractivity contribution in [2.24, 2.45) is 0 Å². The van der Waals surface area contributed by atoms with Crippen molar-refractivity contribution in [2.75, 3.05) is 12.4 Å². The van der Waals surface area contributed by atoms with E-state index < -0.39 is 5.97 Å². The third kappa shape index (κ3) is 4.77. The third-order valence-corrected chi connectivity index (χ3v) is 5.10. The van der Waals surface area contributed by atoms with Crippen LogP contribution in [0.4, 0.5) is 0 Å². The molecule has 3 rings (SSSR count). The maximum Gasteiger partial charge on any atom is 0.343 e. The Morgan fingerprint density at radius 3 is 2.33 bits per heavy atom. The van der Waals surface area contributed by atoms with Crippen LogP contribution in [0.15, 0.2) is 77.2 Å². The van der Waals surface area contributed by atoms with Crippen LogP contribution in [0.3, 0.4) is 0 Å². The molecule has 30 heavy (non-hydrogen) atoms. The lowest BCUT2D eigenvalue weighted by molar-refractivity contribution is -0.138. The predicted molar refractivity (Wildman–Crippen MR) is 117 cm³/mol. The molecule has 0 bridgehead atoms. The standard InChI is InChI=1S/C22H22N4O3S/c1-3-29-21(28)19(15(2)23)18(27)14-30-22-25-24-20(16-10-6-4-7-11-16)26(22)17-12-8-5-9-13-17/h4-13,23,27H,3,14H2,1-2H3/b19-18+,23-15?. The number of aliphatic hydroxyl groups is 1. The fourth-order valence-corrected chi connectivity index (χ4v) is 3.67. The Bertz CT molecular complexity index is 1060. The number of hydrogen-bond donors (Lipinski definition) is 2. The number of hydrogen-bond acceptors (Lipinski definition) is 7. The van der Waals surface area contributed by atoms with Gasteiger partial charge in [0.25, 0.3) is 0 Å². The number of aliphatic hydroxyl groups excluding tert-OH is 1. The maximum absolute atomic E-state index is 12.1. The van der Waals surface area contributed by atoms with Crippen molar-refractivity contribution in [2.45, 2.75) is 19.0 Å². The number of ether oxygens (including phenoxy) is 1. The highest BCUT2D eigenvalue weighted by Gasteiger charge is 2.21. The molecule has 0 atom stereocenters. The van der Waals surface area contributed by atoms with Crippen LogP contribution in [0.1, 0.15) is 13.8 Å². The second-order valence-corrected chi connectivity index (χ2v) is 7.24. The molecule has 1 aromatic heterocycles. The average molecular weight is 423 g/mol. The second-order valence-electron chi connectivity index (χ2n) is 6.30. The van der Waals surface area contributed by atoms with Gasteiger partial charge in [0.15, 0.2) is 11.0 Å². The van der Waals surface area contributed by atoms with Gasteiger partial charge in [0, 0.05) is 17.0 Å². The number of carbonyl (C=O) groups is 1. The number of carbonyl (C=O) groups excluding carboxylic acids is 1. The highest BCUT2D eigenvalue weighted by Crippen LogP contribution is 2.29. The van der Waals surface area contributed by atoms with Gasteiger partial charge in [0.05, 0.1) is 12.4 Å². The van der Waals surface area contributed by atoms with E-state index in [4.69, 9.17) is 10.1 Å². The van der Waals surface area contributed by atoms with Gasteiger partial charge in [-0.3, -0.25) is 4.57 Å². The Labute approximate surface area is 178 Å². The van der Waals surface area contributed by atoms with Crippen molar-refractivity contribution >= 4 is 23.4 Å². The zero-order valence-electron chi connectivity index (χ0n) is 16.7. The van der Waals surface area contributed by atoms with E-state index in [1.54, 1.807) is 6.92 Å². The van der Waals surface area contributed by atoms with Gasteiger partial charge in [0.2, 0.25) is 0 Å². The molecule has 2 N–H and O–H groups in total. The average Bonchev–Trinajstić information content (AvgIpc) is 3.17. The lowest BCUT2D eigenvalue weighted by Gasteiger charge is -2.11.